The first-order valence-electron chi connectivity index (χ1n) is 11.8. The van der Waals surface area contributed by atoms with Crippen molar-refractivity contribution in [1.29, 1.82) is 0 Å². The summed E-state index contributed by atoms with van der Waals surface area (Å²) >= 11 is 0. The van der Waals surface area contributed by atoms with Gasteiger partial charge in [0.1, 0.15) is 0 Å². The average Bonchev–Trinajstić information content (AvgIpc) is 3.18. The fourth-order valence-corrected chi connectivity index (χ4v) is 4.66. The highest BCUT2D eigenvalue weighted by Gasteiger charge is 2.22. The van der Waals surface area contributed by atoms with E-state index in [1.54, 1.807) is 18.2 Å². The van der Waals surface area contributed by atoms with E-state index < -0.39 is 11.9 Å². The summed E-state index contributed by atoms with van der Waals surface area (Å²) < 4.78 is 1.86. The molecule has 0 unspecified atom stereocenters. The number of aryl methyl sites for hydroxylation is 1. The summed E-state index contributed by atoms with van der Waals surface area (Å²) in [6.07, 6.45) is 0.420. The molecule has 1 aromatic heterocycles. The van der Waals surface area contributed by atoms with E-state index in [1.165, 1.54) is 13.0 Å². The maximum Gasteiger partial charge on any atom is 0.337 e. The molecule has 0 saturated carbocycles. The van der Waals surface area contributed by atoms with Crippen molar-refractivity contribution in [2.45, 2.75) is 20.3 Å². The molecule has 0 atom stereocenters. The highest BCUT2D eigenvalue weighted by atomic mass is 16.4. The first-order valence-corrected chi connectivity index (χ1v) is 11.8. The van der Waals surface area contributed by atoms with Crippen molar-refractivity contribution in [3.8, 4) is 5.69 Å². The zero-order valence-electron chi connectivity index (χ0n) is 20.6. The van der Waals surface area contributed by atoms with Crippen LogP contribution in [0.5, 0.6) is 0 Å². The molecule has 1 saturated heterocycles. The van der Waals surface area contributed by atoms with Crippen molar-refractivity contribution in [3.05, 3.63) is 76.6 Å². The third-order valence-corrected chi connectivity index (χ3v) is 6.47. The van der Waals surface area contributed by atoms with E-state index in [0.717, 1.165) is 43.1 Å². The predicted molar refractivity (Wildman–Crippen MR) is 138 cm³/mol. The van der Waals surface area contributed by atoms with Gasteiger partial charge in [-0.3, -0.25) is 4.79 Å². The van der Waals surface area contributed by atoms with Crippen LogP contribution in [0.4, 0.5) is 11.4 Å². The lowest BCUT2D eigenvalue weighted by Crippen LogP contribution is -2.45. The van der Waals surface area contributed by atoms with Gasteiger partial charge in [0.2, 0.25) is 5.91 Å². The summed E-state index contributed by atoms with van der Waals surface area (Å²) in [7, 11) is 2.05. The van der Waals surface area contributed by atoms with Gasteiger partial charge in [-0.05, 0) is 62.0 Å². The second-order valence-corrected chi connectivity index (χ2v) is 9.14. The Kier molecular flexibility index (Phi) is 7.12. The van der Waals surface area contributed by atoms with Crippen LogP contribution in [-0.4, -0.2) is 70.8 Å². The molecule has 36 heavy (non-hydrogen) atoms. The molecular formula is C27H30N4O5. The third-order valence-electron chi connectivity index (χ3n) is 6.47. The summed E-state index contributed by atoms with van der Waals surface area (Å²) in [6.45, 7) is 6.54. The van der Waals surface area contributed by atoms with Crippen LogP contribution in [0.2, 0.25) is 0 Å². The van der Waals surface area contributed by atoms with Crippen molar-refractivity contribution < 1.29 is 24.6 Å². The zero-order chi connectivity index (χ0) is 26.0. The lowest BCUT2D eigenvalue weighted by atomic mass is 10.0. The van der Waals surface area contributed by atoms with Crippen LogP contribution >= 0.6 is 0 Å². The number of nitrogens with one attached hydrogen (secondary N) is 1. The molecule has 0 aliphatic carbocycles. The average molecular weight is 491 g/mol. The van der Waals surface area contributed by atoms with Crippen LogP contribution in [0, 0.1) is 6.92 Å². The van der Waals surface area contributed by atoms with E-state index >= 15 is 0 Å². The van der Waals surface area contributed by atoms with Gasteiger partial charge in [-0.15, -0.1) is 0 Å². The van der Waals surface area contributed by atoms with Crippen LogP contribution in [0.15, 0.2) is 48.5 Å². The lowest BCUT2D eigenvalue weighted by Gasteiger charge is -2.34. The molecule has 188 valence electrons. The van der Waals surface area contributed by atoms with Gasteiger partial charge in [0.05, 0.1) is 22.5 Å². The normalized spacial score (nSPS) is 14.0. The van der Waals surface area contributed by atoms with E-state index in [9.17, 15) is 24.6 Å². The molecule has 2 aromatic carbocycles. The maximum absolute atomic E-state index is 12.1. The fourth-order valence-electron chi connectivity index (χ4n) is 4.66. The largest absolute Gasteiger partial charge is 0.478 e. The van der Waals surface area contributed by atoms with E-state index in [1.807, 2.05) is 35.8 Å². The second-order valence-electron chi connectivity index (χ2n) is 9.14. The monoisotopic (exact) mass is 490 g/mol. The Balaban J connectivity index is 1.69. The molecule has 1 aliphatic heterocycles. The number of anilines is 2. The van der Waals surface area contributed by atoms with Gasteiger partial charge >= 0.3 is 11.9 Å². The Morgan fingerprint density at radius 1 is 0.861 bits per heavy atom. The minimum atomic E-state index is -1.11. The summed E-state index contributed by atoms with van der Waals surface area (Å²) in [5, 5.41) is 22.4. The molecule has 9 nitrogen and oxygen atoms in total. The molecule has 9 heteroatoms. The Morgan fingerprint density at radius 2 is 1.50 bits per heavy atom. The van der Waals surface area contributed by atoms with Crippen molar-refractivity contribution in [3.63, 3.8) is 0 Å². The predicted octanol–water partition coefficient (Wildman–Crippen LogP) is 3.48. The number of benzene rings is 2. The Bertz CT molecular complexity index is 1320. The Labute approximate surface area is 209 Å². The van der Waals surface area contributed by atoms with Crippen LogP contribution in [0.1, 0.15) is 44.6 Å². The molecule has 0 bridgehead atoms. The van der Waals surface area contributed by atoms with Crippen LogP contribution in [0.25, 0.3) is 5.69 Å². The minimum Gasteiger partial charge on any atom is -0.478 e. The second kappa shape index (κ2) is 10.2. The number of likely N-dealkylation sites (N-methyl/N-ethyl adjacent to an activating group) is 1. The van der Waals surface area contributed by atoms with Gasteiger partial charge < -0.3 is 29.9 Å². The van der Waals surface area contributed by atoms with Crippen molar-refractivity contribution >= 4 is 29.2 Å². The number of piperazine rings is 1. The summed E-state index contributed by atoms with van der Waals surface area (Å²) in [5.41, 5.74) is 4.39. The summed E-state index contributed by atoms with van der Waals surface area (Å²) in [6, 6.07) is 14.1. The molecule has 3 N–H and O–H groups in total. The lowest BCUT2D eigenvalue weighted by molar-refractivity contribution is -0.114. The quantitative estimate of drug-likeness (QED) is 0.464. The highest BCUT2D eigenvalue weighted by Crippen LogP contribution is 2.28. The number of carboxylic acid groups (broad SMARTS) is 2. The minimum absolute atomic E-state index is 0.0541. The molecule has 1 fully saturated rings. The van der Waals surface area contributed by atoms with E-state index in [-0.39, 0.29) is 17.0 Å². The number of rotatable bonds is 7. The first-order chi connectivity index (χ1) is 17.1. The van der Waals surface area contributed by atoms with Gasteiger partial charge in [0, 0.05) is 56.6 Å². The van der Waals surface area contributed by atoms with Gasteiger partial charge in [-0.1, -0.05) is 6.07 Å². The number of hydrogen-bond donors (Lipinski definition) is 3. The number of hydrogen-bond acceptors (Lipinski definition) is 5. The molecule has 4 rings (SSSR count). The summed E-state index contributed by atoms with van der Waals surface area (Å²) in [4.78, 5) is 39.9. The van der Waals surface area contributed by atoms with Crippen molar-refractivity contribution in [2.24, 2.45) is 0 Å². The molecule has 2 heterocycles. The van der Waals surface area contributed by atoms with Gasteiger partial charge in [-0.25, -0.2) is 9.59 Å². The smallest absolute Gasteiger partial charge is 0.337 e. The van der Waals surface area contributed by atoms with Crippen LogP contribution in [-0.2, 0) is 11.2 Å². The molecule has 1 aliphatic rings. The first kappa shape index (κ1) is 25.0. The van der Waals surface area contributed by atoms with Gasteiger partial charge in [0.15, 0.2) is 0 Å². The molecule has 0 spiro atoms. The van der Waals surface area contributed by atoms with E-state index in [0.29, 0.717) is 23.5 Å². The van der Waals surface area contributed by atoms with Crippen LogP contribution in [0.3, 0.4) is 0 Å². The third kappa shape index (κ3) is 5.26. The molecule has 1 amide bonds. The SMILES string of the molecule is CC(=O)Nc1ccc(-n2c(C)ccc2Cc2ccc(N3CCN(C)CC3)c(C(=O)O)c2)c(C(=O)O)c1. The van der Waals surface area contributed by atoms with Crippen molar-refractivity contribution in [2.75, 3.05) is 43.4 Å². The number of aromatic carboxylic acids is 2. The maximum atomic E-state index is 12.1. The Morgan fingerprint density at radius 3 is 2.14 bits per heavy atom. The molecule has 0 radical (unpaired) electrons. The number of aromatic nitrogens is 1. The number of carbonyl (C=O) groups excluding carboxylic acids is 1. The summed E-state index contributed by atoms with van der Waals surface area (Å²) in [5.74, 6) is -2.37. The van der Waals surface area contributed by atoms with Crippen LogP contribution < -0.4 is 10.2 Å². The number of carbonyl (C=O) groups is 3. The number of nitrogens with zero attached hydrogens (tertiary/aromatic N) is 3. The van der Waals surface area contributed by atoms with Gasteiger partial charge in [0.25, 0.3) is 0 Å². The highest BCUT2D eigenvalue weighted by molar-refractivity contribution is 5.96. The fraction of sp³-hybridized carbons (Fsp3) is 0.296. The van der Waals surface area contributed by atoms with Gasteiger partial charge in [-0.2, -0.15) is 0 Å². The molecular weight excluding hydrogens is 460 g/mol. The standard InChI is InChI=1S/C27H30N4O5/c1-17-4-7-21(31(17)25-9-6-20(28-18(2)32)16-23(25)27(35)36)14-19-5-8-24(22(15-19)26(33)34)30-12-10-29(3)11-13-30/h4-9,15-16H,10-14H2,1-3H3,(H,28,32)(H,33,34)(H,35,36). The topological polar surface area (TPSA) is 115 Å². The number of carboxylic acids is 2. The number of amides is 1. The zero-order valence-corrected chi connectivity index (χ0v) is 20.6. The molecule has 3 aromatic rings. The van der Waals surface area contributed by atoms with Crippen molar-refractivity contribution in [1.82, 2.24) is 9.47 Å². The van der Waals surface area contributed by atoms with E-state index in [4.69, 9.17) is 0 Å². The van der Waals surface area contributed by atoms with E-state index in [2.05, 4.69) is 22.2 Å². The Hall–Kier alpha value is -4.11.